The fraction of sp³-hybridized carbons (Fsp3) is 0.421. The number of aliphatic hydroxyl groups excluding tert-OH is 1. The highest BCUT2D eigenvalue weighted by molar-refractivity contribution is 6.30. The predicted molar refractivity (Wildman–Crippen MR) is 89.2 cm³/mol. The first-order chi connectivity index (χ1) is 12.5. The van der Waals surface area contributed by atoms with E-state index in [9.17, 15) is 39.9 Å². The molecule has 4 rings (SSSR count). The third-order valence-corrected chi connectivity index (χ3v) is 5.99. The van der Waals surface area contributed by atoms with Gasteiger partial charge in [0.1, 0.15) is 17.5 Å². The van der Waals surface area contributed by atoms with Crippen molar-refractivity contribution in [1.29, 1.82) is 0 Å². The van der Waals surface area contributed by atoms with Crippen molar-refractivity contribution in [3.05, 3.63) is 40.5 Å². The standard InChI is InChI=1S/C19H18O8/c1-17(25)7-18(26)6-5-9-12(19(18,27)16(24)15(17)23)14(22)8-3-2-4-10(20)11(8)13(9)21/h2-4,15,20,23,25-27H,5-7H2,1H3/t15-,17-,18-,19+/m1/s1. The lowest BCUT2D eigenvalue weighted by Crippen LogP contribution is -2.75. The molecule has 1 aromatic carbocycles. The first-order valence-electron chi connectivity index (χ1n) is 8.50. The monoisotopic (exact) mass is 374 g/mol. The van der Waals surface area contributed by atoms with Crippen LogP contribution in [0.2, 0.25) is 0 Å². The second-order valence-electron chi connectivity index (χ2n) is 7.75. The van der Waals surface area contributed by atoms with Crippen LogP contribution in [0.1, 0.15) is 46.9 Å². The lowest BCUT2D eigenvalue weighted by Gasteiger charge is -2.55. The minimum atomic E-state index is -2.84. The predicted octanol–water partition coefficient (Wildman–Crippen LogP) is -0.591. The van der Waals surface area contributed by atoms with Crippen molar-refractivity contribution in [1.82, 2.24) is 0 Å². The van der Waals surface area contributed by atoms with E-state index in [0.29, 0.717) is 0 Å². The number of ketones is 3. The van der Waals surface area contributed by atoms with Crippen LogP contribution < -0.4 is 0 Å². The van der Waals surface area contributed by atoms with Gasteiger partial charge in [0.05, 0.1) is 11.2 Å². The molecular formula is C19H18O8. The SMILES string of the molecule is C[C@@]1(O)C[C@]2(O)CCC3=C(C(=O)c4cccc(O)c4C3=O)[C@]2(O)C(=O)[C@H]1O. The molecule has 1 fully saturated rings. The van der Waals surface area contributed by atoms with Crippen molar-refractivity contribution in [2.24, 2.45) is 0 Å². The molecule has 4 atom stereocenters. The highest BCUT2D eigenvalue weighted by Gasteiger charge is 2.70. The van der Waals surface area contributed by atoms with Crippen molar-refractivity contribution in [3.63, 3.8) is 0 Å². The number of hydrogen-bond donors (Lipinski definition) is 5. The molecule has 8 nitrogen and oxygen atoms in total. The Morgan fingerprint density at radius 1 is 1.07 bits per heavy atom. The maximum absolute atomic E-state index is 13.1. The number of hydrogen-bond acceptors (Lipinski definition) is 8. The van der Waals surface area contributed by atoms with Crippen LogP contribution >= 0.6 is 0 Å². The normalized spacial score (nSPS) is 38.4. The lowest BCUT2D eigenvalue weighted by molar-refractivity contribution is -0.224. The van der Waals surface area contributed by atoms with Gasteiger partial charge in [-0.1, -0.05) is 12.1 Å². The van der Waals surface area contributed by atoms with Gasteiger partial charge in [-0.2, -0.15) is 0 Å². The van der Waals surface area contributed by atoms with Crippen LogP contribution in [-0.4, -0.2) is 65.8 Å². The maximum Gasteiger partial charge on any atom is 0.203 e. The quantitative estimate of drug-likeness (QED) is 0.404. The van der Waals surface area contributed by atoms with Gasteiger partial charge in [0, 0.05) is 23.1 Å². The van der Waals surface area contributed by atoms with Crippen molar-refractivity contribution in [3.8, 4) is 5.75 Å². The van der Waals surface area contributed by atoms with Gasteiger partial charge in [0.15, 0.2) is 17.2 Å². The molecule has 1 saturated carbocycles. The summed E-state index contributed by atoms with van der Waals surface area (Å²) in [6, 6.07) is 3.86. The summed E-state index contributed by atoms with van der Waals surface area (Å²) < 4.78 is 0. The molecule has 3 aliphatic rings. The second kappa shape index (κ2) is 5.11. The zero-order valence-electron chi connectivity index (χ0n) is 14.4. The van der Waals surface area contributed by atoms with Crippen LogP contribution in [0.25, 0.3) is 0 Å². The summed E-state index contributed by atoms with van der Waals surface area (Å²) in [5.41, 5.74) is -8.24. The average Bonchev–Trinajstić information content (AvgIpc) is 2.59. The molecule has 0 bridgehead atoms. The Bertz CT molecular complexity index is 958. The molecule has 27 heavy (non-hydrogen) atoms. The molecule has 0 amide bonds. The molecule has 0 aliphatic heterocycles. The summed E-state index contributed by atoms with van der Waals surface area (Å²) >= 11 is 0. The largest absolute Gasteiger partial charge is 0.507 e. The molecule has 5 N–H and O–H groups in total. The van der Waals surface area contributed by atoms with Crippen LogP contribution in [0.5, 0.6) is 5.75 Å². The average molecular weight is 374 g/mol. The zero-order valence-corrected chi connectivity index (χ0v) is 14.4. The summed E-state index contributed by atoms with van der Waals surface area (Å²) in [6.07, 6.45) is -3.03. The first-order valence-corrected chi connectivity index (χ1v) is 8.50. The molecule has 1 aromatic rings. The molecule has 0 aromatic heterocycles. The lowest BCUT2D eigenvalue weighted by atomic mass is 9.54. The molecule has 142 valence electrons. The van der Waals surface area contributed by atoms with Gasteiger partial charge in [-0.05, 0) is 25.8 Å². The number of fused-ring (bicyclic) bond motifs is 3. The smallest absolute Gasteiger partial charge is 0.203 e. The van der Waals surface area contributed by atoms with E-state index in [1.807, 2.05) is 0 Å². The van der Waals surface area contributed by atoms with Crippen LogP contribution in [0.3, 0.4) is 0 Å². The Balaban J connectivity index is 1.99. The molecule has 0 saturated heterocycles. The minimum Gasteiger partial charge on any atom is -0.507 e. The van der Waals surface area contributed by atoms with Crippen molar-refractivity contribution >= 4 is 17.3 Å². The van der Waals surface area contributed by atoms with Gasteiger partial charge in [-0.25, -0.2) is 0 Å². The Labute approximate surface area is 153 Å². The molecule has 0 unspecified atom stereocenters. The Morgan fingerprint density at radius 2 is 1.74 bits per heavy atom. The van der Waals surface area contributed by atoms with Crippen LogP contribution in [0.4, 0.5) is 0 Å². The fourth-order valence-electron chi connectivity index (χ4n) is 4.61. The third kappa shape index (κ3) is 1.98. The first kappa shape index (κ1) is 18.0. The number of carbonyl (C=O) groups excluding carboxylic acids is 3. The summed E-state index contributed by atoms with van der Waals surface area (Å²) in [5, 5.41) is 52.7. The Morgan fingerprint density at radius 3 is 2.41 bits per heavy atom. The molecule has 0 radical (unpaired) electrons. The van der Waals surface area contributed by atoms with E-state index in [2.05, 4.69) is 0 Å². The number of Topliss-reactive ketones (excluding diaryl/α,β-unsaturated/α-hetero) is 3. The van der Waals surface area contributed by atoms with Gasteiger partial charge in [0.2, 0.25) is 5.78 Å². The van der Waals surface area contributed by atoms with Crippen LogP contribution in [-0.2, 0) is 4.79 Å². The van der Waals surface area contributed by atoms with Crippen molar-refractivity contribution in [2.45, 2.75) is 49.1 Å². The van der Waals surface area contributed by atoms with Gasteiger partial charge in [0.25, 0.3) is 0 Å². The summed E-state index contributed by atoms with van der Waals surface area (Å²) in [4.78, 5) is 38.8. The van der Waals surface area contributed by atoms with Gasteiger partial charge >= 0.3 is 0 Å². The van der Waals surface area contributed by atoms with E-state index in [4.69, 9.17) is 0 Å². The van der Waals surface area contributed by atoms with E-state index in [1.54, 1.807) is 0 Å². The molecule has 8 heteroatoms. The molecule has 3 aliphatic carbocycles. The number of carbonyl (C=O) groups is 3. The van der Waals surface area contributed by atoms with E-state index in [0.717, 1.165) is 6.92 Å². The number of phenolic OH excluding ortho intramolecular Hbond substituents is 1. The second-order valence-corrected chi connectivity index (χ2v) is 7.75. The van der Waals surface area contributed by atoms with Gasteiger partial charge in [-0.3, -0.25) is 14.4 Å². The van der Waals surface area contributed by atoms with Crippen molar-refractivity contribution in [2.75, 3.05) is 0 Å². The van der Waals surface area contributed by atoms with E-state index in [-0.39, 0.29) is 29.5 Å². The molecular weight excluding hydrogens is 356 g/mol. The summed E-state index contributed by atoms with van der Waals surface area (Å²) in [5.74, 6) is -3.33. The van der Waals surface area contributed by atoms with Crippen molar-refractivity contribution < 1.29 is 39.9 Å². The number of benzene rings is 1. The van der Waals surface area contributed by atoms with E-state index >= 15 is 0 Å². The molecule has 0 spiro atoms. The van der Waals surface area contributed by atoms with E-state index < -0.39 is 58.0 Å². The Hall–Kier alpha value is -2.39. The molecule has 0 heterocycles. The van der Waals surface area contributed by atoms with E-state index in [1.165, 1.54) is 18.2 Å². The zero-order chi connectivity index (χ0) is 19.9. The Kier molecular flexibility index (Phi) is 3.40. The summed E-state index contributed by atoms with van der Waals surface area (Å²) in [6.45, 7) is 1.15. The van der Waals surface area contributed by atoms with Gasteiger partial charge in [-0.15, -0.1) is 0 Å². The van der Waals surface area contributed by atoms with Crippen LogP contribution in [0.15, 0.2) is 29.3 Å². The number of rotatable bonds is 0. The van der Waals surface area contributed by atoms with Gasteiger partial charge < -0.3 is 25.5 Å². The number of aliphatic hydroxyl groups is 4. The highest BCUT2D eigenvalue weighted by Crippen LogP contribution is 2.53. The highest BCUT2D eigenvalue weighted by atomic mass is 16.4. The third-order valence-electron chi connectivity index (χ3n) is 5.99. The maximum atomic E-state index is 13.1. The number of phenols is 1. The minimum absolute atomic E-state index is 0.133. The fourth-order valence-corrected chi connectivity index (χ4v) is 4.61. The number of aromatic hydroxyl groups is 1. The topological polar surface area (TPSA) is 152 Å². The number of allylic oxidation sites excluding steroid dienone is 1. The summed E-state index contributed by atoms with van der Waals surface area (Å²) in [7, 11) is 0. The van der Waals surface area contributed by atoms with Crippen LogP contribution in [0, 0.1) is 0 Å².